The third kappa shape index (κ3) is 5.76. The zero-order chi connectivity index (χ0) is 51.0. The SMILES string of the molecule is [2H]c1c([2H])c(C([2H])([2H])[2H])c([2H])c([2H])c1-c1cc[n+]2c(c1)-c1cc(C(C)(C)C)cc3c1C21Oc2c(cc(C(C)(C)C)cc2C(C)(C)C)C2N(c4ccc(C(C)(C)C)cc4-c4ccccc4)c4cccc-3c4N21. The van der Waals surface area contributed by atoms with Crippen LogP contribution in [0.4, 0.5) is 17.1 Å². The number of aromatic nitrogens is 1. The Morgan fingerprint density at radius 2 is 1.25 bits per heavy atom. The molecule has 2 unspecified atom stereocenters. The molecule has 5 heterocycles. The van der Waals surface area contributed by atoms with Gasteiger partial charge in [0.25, 0.3) is 0 Å². The molecule has 0 amide bonds. The Balaban J connectivity index is 1.29. The van der Waals surface area contributed by atoms with Gasteiger partial charge in [0.2, 0.25) is 5.69 Å². The van der Waals surface area contributed by atoms with E-state index >= 15 is 0 Å². The first-order chi connectivity index (χ1) is 33.0. The van der Waals surface area contributed by atoms with Gasteiger partial charge in [-0.25, -0.2) is 4.90 Å². The Morgan fingerprint density at radius 1 is 0.578 bits per heavy atom. The van der Waals surface area contributed by atoms with Crippen LogP contribution in [0.2, 0.25) is 0 Å². The lowest BCUT2D eigenvalue weighted by Gasteiger charge is -2.49. The maximum absolute atomic E-state index is 9.20. The van der Waals surface area contributed by atoms with Crippen molar-refractivity contribution in [2.24, 2.45) is 0 Å². The number of hydrogen-bond acceptors (Lipinski definition) is 3. The van der Waals surface area contributed by atoms with Crippen LogP contribution in [0, 0.1) is 6.85 Å². The van der Waals surface area contributed by atoms with Crippen LogP contribution in [0.25, 0.3) is 44.6 Å². The minimum absolute atomic E-state index is 0.0450. The fourth-order valence-corrected chi connectivity index (χ4v) is 10.5. The minimum atomic E-state index is -2.83. The van der Waals surface area contributed by atoms with Crippen LogP contribution >= 0.6 is 0 Å². The number of nitrogens with zero attached hydrogens (tertiary/aromatic N) is 3. The van der Waals surface area contributed by atoms with E-state index in [1.54, 1.807) is 0 Å². The Labute approximate surface area is 391 Å². The molecule has 2 atom stereocenters. The van der Waals surface area contributed by atoms with Crippen molar-refractivity contribution >= 4 is 17.1 Å². The third-order valence-corrected chi connectivity index (χ3v) is 13.9. The zero-order valence-corrected chi connectivity index (χ0v) is 39.2. The average Bonchev–Trinajstić information content (AvgIpc) is 3.78. The van der Waals surface area contributed by atoms with Crippen LogP contribution in [-0.2, 0) is 27.5 Å². The van der Waals surface area contributed by atoms with Gasteiger partial charge in [-0.2, -0.15) is 0 Å². The van der Waals surface area contributed by atoms with Crippen molar-refractivity contribution in [3.05, 3.63) is 172 Å². The van der Waals surface area contributed by atoms with E-state index in [0.29, 0.717) is 5.56 Å². The molecular weight excluding hydrogens is 779 g/mol. The Morgan fingerprint density at radius 3 is 1.92 bits per heavy atom. The first-order valence-corrected chi connectivity index (χ1v) is 22.7. The van der Waals surface area contributed by atoms with Crippen molar-refractivity contribution < 1.29 is 18.9 Å². The predicted octanol–water partition coefficient (Wildman–Crippen LogP) is 15.2. The Kier molecular flexibility index (Phi) is 6.90. The molecule has 1 spiro atoms. The van der Waals surface area contributed by atoms with Crippen molar-refractivity contribution in [2.45, 2.75) is 124 Å². The van der Waals surface area contributed by atoms with Gasteiger partial charge < -0.3 is 9.64 Å². The molecule has 4 aliphatic rings. The summed E-state index contributed by atoms with van der Waals surface area (Å²) >= 11 is 0. The summed E-state index contributed by atoms with van der Waals surface area (Å²) in [6.45, 7) is 24.2. The number of ether oxygens (including phenoxy) is 1. The number of para-hydroxylation sites is 1. The molecule has 322 valence electrons. The van der Waals surface area contributed by atoms with Crippen LogP contribution in [0.5, 0.6) is 5.75 Å². The van der Waals surface area contributed by atoms with E-state index in [0.717, 1.165) is 78.6 Å². The normalized spacial score (nSPS) is 19.8. The summed E-state index contributed by atoms with van der Waals surface area (Å²) < 4.78 is 70.8. The highest BCUT2D eigenvalue weighted by Crippen LogP contribution is 2.68. The molecule has 7 aromatic rings. The molecule has 0 N–H and O–H groups in total. The van der Waals surface area contributed by atoms with E-state index < -0.39 is 48.6 Å². The van der Waals surface area contributed by atoms with E-state index in [1.165, 1.54) is 11.1 Å². The zero-order valence-electron chi connectivity index (χ0n) is 46.2. The van der Waals surface area contributed by atoms with Crippen LogP contribution in [0.15, 0.2) is 133 Å². The quantitative estimate of drug-likeness (QED) is 0.165. The maximum atomic E-state index is 9.20. The predicted molar refractivity (Wildman–Crippen MR) is 266 cm³/mol. The molecule has 0 aliphatic carbocycles. The fraction of sp³-hybridized carbons (Fsp3) is 0.317. The van der Waals surface area contributed by atoms with Crippen molar-refractivity contribution in [1.82, 2.24) is 0 Å². The Hall–Kier alpha value is -6.13. The summed E-state index contributed by atoms with van der Waals surface area (Å²) in [6, 6.07) is 35.5. The smallest absolute Gasteiger partial charge is 0.410 e. The second-order valence-electron chi connectivity index (χ2n) is 22.4. The second kappa shape index (κ2) is 13.2. The number of anilines is 3. The molecule has 0 fully saturated rings. The number of fused-ring (bicyclic) bond motifs is 5. The van der Waals surface area contributed by atoms with Gasteiger partial charge in [-0.3, -0.25) is 0 Å². The van der Waals surface area contributed by atoms with Crippen LogP contribution in [0.1, 0.15) is 138 Å². The van der Waals surface area contributed by atoms with Gasteiger partial charge >= 0.3 is 5.85 Å². The van der Waals surface area contributed by atoms with Crippen molar-refractivity contribution in [3.8, 4) is 50.4 Å². The number of hydrogen-bond donors (Lipinski definition) is 0. The van der Waals surface area contributed by atoms with E-state index in [1.807, 2.05) is 18.3 Å². The molecule has 0 radical (unpaired) electrons. The molecule has 4 nitrogen and oxygen atoms in total. The highest BCUT2D eigenvalue weighted by Gasteiger charge is 2.70. The minimum Gasteiger partial charge on any atom is -0.410 e. The standard InChI is InChI=1S/C60H62N3O/c1-36-22-24-37(25-23-36)39-28-29-61-51(30-39)46-33-41(57(5,6)7)32-45-43-20-17-21-50-53(43)63-55(62(50)49-27-26-40(56(2,3)4)31-44(49)38-18-15-14-16-19-38)47-34-42(58(8,9)10)35-48(59(11,12)13)54(47)64-60(61,63)52(45)46/h14-35,55H,1-13H3/q+1/i1D3,22D,23D,24D,25D. The first kappa shape index (κ1) is 33.4. The molecule has 0 saturated heterocycles. The molecular formula is C60H62N3O+. The lowest BCUT2D eigenvalue weighted by Crippen LogP contribution is -2.71. The Bertz CT molecular complexity index is 3410. The van der Waals surface area contributed by atoms with Crippen LogP contribution in [-0.4, -0.2) is 0 Å². The summed E-state index contributed by atoms with van der Waals surface area (Å²) in [4.78, 5) is 5.06. The van der Waals surface area contributed by atoms with Crippen molar-refractivity contribution in [1.29, 1.82) is 0 Å². The second-order valence-corrected chi connectivity index (χ2v) is 22.4. The van der Waals surface area contributed by atoms with Gasteiger partial charge in [-0.1, -0.05) is 167 Å². The van der Waals surface area contributed by atoms with Crippen LogP contribution < -0.4 is 19.1 Å². The van der Waals surface area contributed by atoms with Gasteiger partial charge in [0.15, 0.2) is 6.20 Å². The van der Waals surface area contributed by atoms with Gasteiger partial charge in [0.05, 0.1) is 28.1 Å². The highest BCUT2D eigenvalue weighted by atomic mass is 16.5. The molecule has 4 heteroatoms. The van der Waals surface area contributed by atoms with E-state index in [9.17, 15) is 2.74 Å². The molecule has 0 bridgehead atoms. The number of rotatable bonds is 3. The molecule has 1 aromatic heterocycles. The average molecular weight is 848 g/mol. The van der Waals surface area contributed by atoms with Crippen LogP contribution in [0.3, 0.4) is 0 Å². The summed E-state index contributed by atoms with van der Waals surface area (Å²) in [5.41, 5.74) is 15.0. The molecule has 6 aromatic carbocycles. The highest BCUT2D eigenvalue weighted by molar-refractivity contribution is 6.03. The summed E-state index contributed by atoms with van der Waals surface area (Å²) in [7, 11) is 0. The van der Waals surface area contributed by atoms with E-state index in [2.05, 4.69) is 188 Å². The summed E-state index contributed by atoms with van der Waals surface area (Å²) in [5, 5.41) is 0. The van der Waals surface area contributed by atoms with Gasteiger partial charge in [-0.05, 0) is 98.3 Å². The van der Waals surface area contributed by atoms with E-state index in [-0.39, 0.29) is 27.2 Å². The first-order valence-electron chi connectivity index (χ1n) is 26.2. The number of pyridine rings is 1. The van der Waals surface area contributed by atoms with Crippen molar-refractivity contribution in [3.63, 3.8) is 0 Å². The topological polar surface area (TPSA) is 19.6 Å². The van der Waals surface area contributed by atoms with Gasteiger partial charge in [0, 0.05) is 44.1 Å². The molecule has 11 rings (SSSR count). The monoisotopic (exact) mass is 848 g/mol. The lowest BCUT2D eigenvalue weighted by molar-refractivity contribution is -0.774. The molecule has 0 saturated carbocycles. The van der Waals surface area contributed by atoms with E-state index in [4.69, 9.17) is 11.6 Å². The lowest BCUT2D eigenvalue weighted by atomic mass is 9.77. The summed E-state index contributed by atoms with van der Waals surface area (Å²) in [6.07, 6.45) is 1.55. The molecule has 4 aliphatic heterocycles. The fourth-order valence-electron chi connectivity index (χ4n) is 10.5. The summed E-state index contributed by atoms with van der Waals surface area (Å²) in [5.74, 6) is -0.479. The van der Waals surface area contributed by atoms with Gasteiger partial charge in [-0.15, -0.1) is 4.57 Å². The number of benzene rings is 6. The van der Waals surface area contributed by atoms with Gasteiger partial charge in [0.1, 0.15) is 17.5 Å². The third-order valence-electron chi connectivity index (χ3n) is 13.9. The largest absolute Gasteiger partial charge is 0.432 e. The maximum Gasteiger partial charge on any atom is 0.432 e. The van der Waals surface area contributed by atoms with Crippen molar-refractivity contribution in [2.75, 3.05) is 9.80 Å². The molecule has 64 heavy (non-hydrogen) atoms.